The molecule has 0 radical (unpaired) electrons. The van der Waals surface area contributed by atoms with Crippen LogP contribution in [0.4, 0.5) is 0 Å². The molecule has 0 aromatic heterocycles. The van der Waals surface area contributed by atoms with Crippen molar-refractivity contribution >= 4 is 15.9 Å². The fourth-order valence-corrected chi connectivity index (χ4v) is 1.85. The minimum atomic E-state index is 0.467. The molecule has 100 valence electrons. The minimum absolute atomic E-state index is 0.467. The predicted molar refractivity (Wildman–Crippen MR) is 81.0 cm³/mol. The molecule has 1 aromatic rings. The number of hydrogen-bond acceptors (Lipinski definition) is 2. The van der Waals surface area contributed by atoms with Crippen LogP contribution in [-0.4, -0.2) is 12.6 Å². The summed E-state index contributed by atoms with van der Waals surface area (Å²) in [6, 6.07) is 6.60. The molecule has 0 atom stereocenters. The first-order chi connectivity index (χ1) is 8.49. The number of rotatable bonds is 6. The van der Waals surface area contributed by atoms with Crippen LogP contribution in [0.5, 0.6) is 5.75 Å². The number of ether oxygens (including phenoxy) is 1. The molecule has 0 spiro atoms. The van der Waals surface area contributed by atoms with Gasteiger partial charge in [0, 0.05) is 22.6 Å². The zero-order valence-corrected chi connectivity index (χ0v) is 13.2. The molecule has 3 heteroatoms. The minimum Gasteiger partial charge on any atom is -0.489 e. The first-order valence-corrected chi connectivity index (χ1v) is 7.06. The van der Waals surface area contributed by atoms with Gasteiger partial charge in [-0.25, -0.2) is 0 Å². The van der Waals surface area contributed by atoms with Crippen LogP contribution < -0.4 is 10.1 Å². The van der Waals surface area contributed by atoms with Gasteiger partial charge < -0.3 is 10.1 Å². The summed E-state index contributed by atoms with van der Waals surface area (Å²) in [7, 11) is 0. The van der Waals surface area contributed by atoms with E-state index in [0.717, 1.165) is 16.8 Å². The van der Waals surface area contributed by atoms with Crippen molar-refractivity contribution < 1.29 is 4.74 Å². The largest absolute Gasteiger partial charge is 0.489 e. The summed E-state index contributed by atoms with van der Waals surface area (Å²) in [6.07, 6.45) is 2.09. The Morgan fingerprint density at radius 3 is 2.72 bits per heavy atom. The second-order valence-corrected chi connectivity index (χ2v) is 5.80. The average Bonchev–Trinajstić information content (AvgIpc) is 2.28. The SMILES string of the molecule is CC(C)=CCOc1ccc(Br)cc1CNC(C)C. The molecule has 0 saturated heterocycles. The fraction of sp³-hybridized carbons (Fsp3) is 0.467. The summed E-state index contributed by atoms with van der Waals surface area (Å²) in [5, 5.41) is 3.41. The van der Waals surface area contributed by atoms with Gasteiger partial charge in [0.25, 0.3) is 0 Å². The van der Waals surface area contributed by atoms with Crippen LogP contribution in [0.15, 0.2) is 34.3 Å². The Morgan fingerprint density at radius 2 is 2.11 bits per heavy atom. The van der Waals surface area contributed by atoms with E-state index < -0.39 is 0 Å². The smallest absolute Gasteiger partial charge is 0.124 e. The maximum Gasteiger partial charge on any atom is 0.124 e. The molecular formula is C15H22BrNO. The van der Waals surface area contributed by atoms with Gasteiger partial charge in [-0.05, 0) is 38.1 Å². The van der Waals surface area contributed by atoms with Crippen molar-refractivity contribution in [2.45, 2.75) is 40.3 Å². The number of hydrogen-bond donors (Lipinski definition) is 1. The monoisotopic (exact) mass is 311 g/mol. The highest BCUT2D eigenvalue weighted by Gasteiger charge is 2.05. The number of allylic oxidation sites excluding steroid dienone is 1. The number of halogens is 1. The molecule has 0 amide bonds. The molecule has 0 unspecified atom stereocenters. The van der Waals surface area contributed by atoms with Gasteiger partial charge >= 0.3 is 0 Å². The first-order valence-electron chi connectivity index (χ1n) is 6.27. The molecule has 0 aliphatic carbocycles. The molecule has 1 N–H and O–H groups in total. The van der Waals surface area contributed by atoms with Crippen molar-refractivity contribution in [1.82, 2.24) is 5.32 Å². The second kappa shape index (κ2) is 7.59. The third-order valence-corrected chi connectivity index (χ3v) is 2.95. The van der Waals surface area contributed by atoms with Gasteiger partial charge in [-0.3, -0.25) is 0 Å². The van der Waals surface area contributed by atoms with E-state index in [1.807, 2.05) is 12.1 Å². The summed E-state index contributed by atoms with van der Waals surface area (Å²) < 4.78 is 6.88. The normalized spacial score (nSPS) is 10.6. The lowest BCUT2D eigenvalue weighted by Gasteiger charge is -2.13. The summed E-state index contributed by atoms with van der Waals surface area (Å²) in [6.45, 7) is 9.88. The van der Waals surface area contributed by atoms with Crippen molar-refractivity contribution in [3.8, 4) is 5.75 Å². The Hall–Kier alpha value is -0.800. The van der Waals surface area contributed by atoms with Crippen LogP contribution in [-0.2, 0) is 6.54 Å². The van der Waals surface area contributed by atoms with Gasteiger partial charge in [0.1, 0.15) is 12.4 Å². The second-order valence-electron chi connectivity index (χ2n) is 4.88. The first kappa shape index (κ1) is 15.3. The van der Waals surface area contributed by atoms with E-state index in [0.29, 0.717) is 12.6 Å². The van der Waals surface area contributed by atoms with E-state index in [1.54, 1.807) is 0 Å². The lowest BCUT2D eigenvalue weighted by Crippen LogP contribution is -2.22. The van der Waals surface area contributed by atoms with Gasteiger partial charge in [0.15, 0.2) is 0 Å². The summed E-state index contributed by atoms with van der Waals surface area (Å²) in [5.74, 6) is 0.948. The van der Waals surface area contributed by atoms with Crippen molar-refractivity contribution in [1.29, 1.82) is 0 Å². The molecular weight excluding hydrogens is 290 g/mol. The maximum atomic E-state index is 5.80. The van der Waals surface area contributed by atoms with Gasteiger partial charge in [0.2, 0.25) is 0 Å². The standard InChI is InChI=1S/C15H22BrNO/c1-11(2)7-8-18-15-6-5-14(16)9-13(15)10-17-12(3)4/h5-7,9,12,17H,8,10H2,1-4H3. The molecule has 0 heterocycles. The van der Waals surface area contributed by atoms with Gasteiger partial charge in [-0.15, -0.1) is 0 Å². The lowest BCUT2D eigenvalue weighted by atomic mass is 10.2. The average molecular weight is 312 g/mol. The highest BCUT2D eigenvalue weighted by molar-refractivity contribution is 9.10. The molecule has 2 nitrogen and oxygen atoms in total. The predicted octanol–water partition coefficient (Wildman–Crippen LogP) is 4.29. The molecule has 1 rings (SSSR count). The molecule has 0 fully saturated rings. The van der Waals surface area contributed by atoms with E-state index in [-0.39, 0.29) is 0 Å². The van der Waals surface area contributed by atoms with Crippen LogP contribution in [0.25, 0.3) is 0 Å². The molecule has 1 aromatic carbocycles. The van der Waals surface area contributed by atoms with E-state index >= 15 is 0 Å². The lowest BCUT2D eigenvalue weighted by molar-refractivity contribution is 0.356. The quantitative estimate of drug-likeness (QED) is 0.791. The van der Waals surface area contributed by atoms with Gasteiger partial charge in [-0.1, -0.05) is 35.4 Å². The van der Waals surface area contributed by atoms with Crippen LogP contribution in [0.3, 0.4) is 0 Å². The highest BCUT2D eigenvalue weighted by Crippen LogP contribution is 2.23. The van der Waals surface area contributed by atoms with E-state index in [9.17, 15) is 0 Å². The van der Waals surface area contributed by atoms with Crippen LogP contribution >= 0.6 is 15.9 Å². The van der Waals surface area contributed by atoms with Crippen LogP contribution in [0.1, 0.15) is 33.3 Å². The Balaban J connectivity index is 2.72. The van der Waals surface area contributed by atoms with Crippen LogP contribution in [0, 0.1) is 0 Å². The molecule has 0 aliphatic rings. The third-order valence-electron chi connectivity index (χ3n) is 2.45. The summed E-state index contributed by atoms with van der Waals surface area (Å²) in [4.78, 5) is 0. The summed E-state index contributed by atoms with van der Waals surface area (Å²) >= 11 is 3.50. The Bertz CT molecular complexity index is 409. The molecule has 0 aliphatic heterocycles. The van der Waals surface area contributed by atoms with Gasteiger partial charge in [0.05, 0.1) is 0 Å². The Labute approximate surface area is 119 Å². The van der Waals surface area contributed by atoms with Crippen molar-refractivity contribution in [3.05, 3.63) is 39.9 Å². The van der Waals surface area contributed by atoms with Crippen molar-refractivity contribution in [2.75, 3.05) is 6.61 Å². The van der Waals surface area contributed by atoms with E-state index in [4.69, 9.17) is 4.74 Å². The highest BCUT2D eigenvalue weighted by atomic mass is 79.9. The molecule has 0 saturated carbocycles. The molecule has 18 heavy (non-hydrogen) atoms. The summed E-state index contributed by atoms with van der Waals surface area (Å²) in [5.41, 5.74) is 2.45. The maximum absolute atomic E-state index is 5.80. The van der Waals surface area contributed by atoms with Crippen LogP contribution in [0.2, 0.25) is 0 Å². The van der Waals surface area contributed by atoms with Crippen molar-refractivity contribution in [3.63, 3.8) is 0 Å². The zero-order chi connectivity index (χ0) is 13.5. The van der Waals surface area contributed by atoms with E-state index in [1.165, 1.54) is 11.1 Å². The zero-order valence-electron chi connectivity index (χ0n) is 11.6. The third kappa shape index (κ3) is 5.69. The van der Waals surface area contributed by atoms with Crippen molar-refractivity contribution in [2.24, 2.45) is 0 Å². The Morgan fingerprint density at radius 1 is 1.39 bits per heavy atom. The van der Waals surface area contributed by atoms with Gasteiger partial charge in [-0.2, -0.15) is 0 Å². The fourth-order valence-electron chi connectivity index (χ4n) is 1.44. The number of nitrogens with one attached hydrogen (secondary N) is 1. The number of benzene rings is 1. The molecule has 0 bridgehead atoms. The topological polar surface area (TPSA) is 21.3 Å². The Kier molecular flexibility index (Phi) is 6.44. The van der Waals surface area contributed by atoms with E-state index in [2.05, 4.69) is 61.1 Å².